The highest BCUT2D eigenvalue weighted by molar-refractivity contribution is 7.28. The van der Waals surface area contributed by atoms with Crippen molar-refractivity contribution in [2.45, 2.75) is 0 Å². The highest BCUT2D eigenvalue weighted by atomic mass is 35.5. The second kappa shape index (κ2) is 8.26. The van der Waals surface area contributed by atoms with E-state index in [1.165, 1.54) is 57.2 Å². The lowest BCUT2D eigenvalue weighted by Gasteiger charge is -2.12. The predicted molar refractivity (Wildman–Crippen MR) is 182 cm³/mol. The van der Waals surface area contributed by atoms with Crippen molar-refractivity contribution in [1.29, 1.82) is 0 Å². The molecular formula is C36H18ClN3S2. The molecule has 0 spiro atoms. The van der Waals surface area contributed by atoms with Crippen molar-refractivity contribution in [3.63, 3.8) is 0 Å². The molecule has 0 saturated heterocycles. The maximum Gasteiger partial charge on any atom is 0.225 e. The molecule has 0 aliphatic heterocycles. The standard InChI is InChI=1S/C36H18ClN3S2/c37-36-38-34(30-24-14-6-8-16-27(24)41-35(30)39-36)40-26-15-7-5-13-23(26)28-29-25-18-17-19-9-1-2-10-20(19)32(25)42-33(29)22-12-4-3-11-21(22)31(28)40/h1-18H. The Balaban J connectivity index is 1.52. The van der Waals surface area contributed by atoms with Crippen molar-refractivity contribution < 1.29 is 0 Å². The van der Waals surface area contributed by atoms with Crippen molar-refractivity contribution in [3.05, 3.63) is 114 Å². The first kappa shape index (κ1) is 23.1. The SMILES string of the molecule is Clc1nc(-n2c3ccccc3c3c4c5ccc6ccccc6c5sc4c4ccccc4c32)c2c(n1)sc1ccccc12. The third kappa shape index (κ3) is 2.90. The van der Waals surface area contributed by atoms with E-state index >= 15 is 0 Å². The van der Waals surface area contributed by atoms with Crippen LogP contribution in [0, 0.1) is 0 Å². The minimum absolute atomic E-state index is 0.257. The van der Waals surface area contributed by atoms with E-state index in [0.29, 0.717) is 0 Å². The van der Waals surface area contributed by atoms with Crippen LogP contribution < -0.4 is 0 Å². The average Bonchev–Trinajstić information content (AvgIpc) is 3.70. The van der Waals surface area contributed by atoms with Gasteiger partial charge in [-0.15, -0.1) is 22.7 Å². The van der Waals surface area contributed by atoms with Gasteiger partial charge in [0.1, 0.15) is 4.83 Å². The fraction of sp³-hybridized carbons (Fsp3) is 0. The number of para-hydroxylation sites is 1. The van der Waals surface area contributed by atoms with Crippen LogP contribution in [0.3, 0.4) is 0 Å². The van der Waals surface area contributed by atoms with Gasteiger partial charge >= 0.3 is 0 Å². The first-order chi connectivity index (χ1) is 20.8. The van der Waals surface area contributed by atoms with Crippen LogP contribution in [0.2, 0.25) is 5.28 Å². The van der Waals surface area contributed by atoms with E-state index in [9.17, 15) is 0 Å². The normalized spacial score (nSPS) is 12.4. The fourth-order valence-electron chi connectivity index (χ4n) is 6.86. The van der Waals surface area contributed by atoms with Gasteiger partial charge in [-0.1, -0.05) is 97.1 Å². The van der Waals surface area contributed by atoms with E-state index < -0.39 is 0 Å². The number of halogens is 1. The Morgan fingerprint density at radius 1 is 0.524 bits per heavy atom. The molecule has 0 unspecified atom stereocenters. The van der Waals surface area contributed by atoms with Gasteiger partial charge in [0.05, 0.1) is 16.4 Å². The van der Waals surface area contributed by atoms with E-state index in [1.807, 2.05) is 11.3 Å². The molecule has 4 aromatic heterocycles. The summed E-state index contributed by atoms with van der Waals surface area (Å²) in [4.78, 5) is 10.5. The summed E-state index contributed by atoms with van der Waals surface area (Å²) in [6, 6.07) is 39.2. The van der Waals surface area contributed by atoms with Crippen LogP contribution in [0.4, 0.5) is 0 Å². The number of thiophene rings is 2. The summed E-state index contributed by atoms with van der Waals surface area (Å²) in [6.45, 7) is 0. The maximum absolute atomic E-state index is 6.67. The second-order valence-corrected chi connectivity index (χ2v) is 13.1. The van der Waals surface area contributed by atoms with Gasteiger partial charge in [-0.3, -0.25) is 4.57 Å². The molecule has 0 atom stereocenters. The zero-order valence-electron chi connectivity index (χ0n) is 21.9. The summed E-state index contributed by atoms with van der Waals surface area (Å²) in [5.74, 6) is 0.822. The van der Waals surface area contributed by atoms with E-state index in [4.69, 9.17) is 16.6 Å². The number of fused-ring (bicyclic) bond motifs is 15. The lowest BCUT2D eigenvalue weighted by atomic mass is 9.98. The van der Waals surface area contributed by atoms with E-state index in [2.05, 4.69) is 119 Å². The molecule has 10 aromatic rings. The summed E-state index contributed by atoms with van der Waals surface area (Å²) in [5.41, 5.74) is 2.26. The zero-order chi connectivity index (χ0) is 27.5. The summed E-state index contributed by atoms with van der Waals surface area (Å²) < 4.78 is 6.16. The number of benzene rings is 6. The Labute approximate surface area is 251 Å². The highest BCUT2D eigenvalue weighted by Crippen LogP contribution is 2.50. The molecule has 4 heterocycles. The molecule has 3 nitrogen and oxygen atoms in total. The molecule has 6 heteroatoms. The summed E-state index contributed by atoms with van der Waals surface area (Å²) >= 11 is 10.2. The van der Waals surface area contributed by atoms with Gasteiger partial charge in [0, 0.05) is 51.8 Å². The summed E-state index contributed by atoms with van der Waals surface area (Å²) in [6.07, 6.45) is 0. The van der Waals surface area contributed by atoms with E-state index in [0.717, 1.165) is 32.5 Å². The van der Waals surface area contributed by atoms with Crippen molar-refractivity contribution in [2.75, 3.05) is 0 Å². The van der Waals surface area contributed by atoms with Gasteiger partial charge in [0.25, 0.3) is 0 Å². The van der Waals surface area contributed by atoms with E-state index in [1.54, 1.807) is 11.3 Å². The van der Waals surface area contributed by atoms with Crippen molar-refractivity contribution in [3.8, 4) is 5.82 Å². The van der Waals surface area contributed by atoms with Crippen LogP contribution in [0.1, 0.15) is 0 Å². The van der Waals surface area contributed by atoms with Crippen LogP contribution >= 0.6 is 34.3 Å². The Kier molecular flexibility index (Phi) is 4.54. The smallest absolute Gasteiger partial charge is 0.225 e. The largest absolute Gasteiger partial charge is 0.292 e. The molecule has 0 bridgehead atoms. The lowest BCUT2D eigenvalue weighted by Crippen LogP contribution is -2.00. The monoisotopic (exact) mass is 591 g/mol. The van der Waals surface area contributed by atoms with E-state index in [-0.39, 0.29) is 5.28 Å². The topological polar surface area (TPSA) is 30.7 Å². The molecule has 42 heavy (non-hydrogen) atoms. The molecule has 10 rings (SSSR count). The molecule has 0 amide bonds. The van der Waals surface area contributed by atoms with Crippen LogP contribution in [-0.2, 0) is 0 Å². The third-order valence-electron chi connectivity index (χ3n) is 8.54. The minimum atomic E-state index is 0.257. The first-order valence-corrected chi connectivity index (χ1v) is 15.8. The van der Waals surface area contributed by atoms with Crippen LogP contribution in [0.25, 0.3) is 89.6 Å². The number of rotatable bonds is 1. The van der Waals surface area contributed by atoms with Crippen molar-refractivity contribution in [1.82, 2.24) is 14.5 Å². The number of hydrogen-bond donors (Lipinski definition) is 0. The first-order valence-electron chi connectivity index (χ1n) is 13.8. The fourth-order valence-corrected chi connectivity index (χ4v) is 9.53. The number of hydrogen-bond acceptors (Lipinski definition) is 4. The Hall–Kier alpha value is -4.55. The Morgan fingerprint density at radius 2 is 1.24 bits per heavy atom. The van der Waals surface area contributed by atoms with Gasteiger partial charge in [-0.25, -0.2) is 4.98 Å². The van der Waals surface area contributed by atoms with Crippen molar-refractivity contribution >= 4 is 118 Å². The molecule has 0 saturated carbocycles. The maximum atomic E-state index is 6.67. The lowest BCUT2D eigenvalue weighted by molar-refractivity contribution is 1.08. The van der Waals surface area contributed by atoms with Gasteiger partial charge in [-0.05, 0) is 34.5 Å². The molecule has 0 fully saturated rings. The molecular weight excluding hydrogens is 574 g/mol. The van der Waals surface area contributed by atoms with Crippen LogP contribution in [0.15, 0.2) is 109 Å². The Bertz CT molecular complexity index is 2770. The van der Waals surface area contributed by atoms with Crippen LogP contribution in [-0.4, -0.2) is 14.5 Å². The number of nitrogens with zero attached hydrogens (tertiary/aromatic N) is 3. The molecule has 0 aliphatic rings. The van der Waals surface area contributed by atoms with Crippen LogP contribution in [0.5, 0.6) is 0 Å². The van der Waals surface area contributed by atoms with Gasteiger partial charge in [0.15, 0.2) is 5.82 Å². The minimum Gasteiger partial charge on any atom is -0.292 e. The average molecular weight is 592 g/mol. The zero-order valence-corrected chi connectivity index (χ0v) is 24.3. The summed E-state index contributed by atoms with van der Waals surface area (Å²) in [5, 5.41) is 12.5. The Morgan fingerprint density at radius 3 is 2.12 bits per heavy atom. The highest BCUT2D eigenvalue weighted by Gasteiger charge is 2.25. The molecule has 0 radical (unpaired) electrons. The van der Waals surface area contributed by atoms with Crippen molar-refractivity contribution in [2.24, 2.45) is 0 Å². The number of aromatic nitrogens is 3. The molecule has 0 aliphatic carbocycles. The van der Waals surface area contributed by atoms with Gasteiger partial charge in [-0.2, -0.15) is 4.98 Å². The quantitative estimate of drug-likeness (QED) is 0.178. The molecule has 6 aromatic carbocycles. The summed E-state index contributed by atoms with van der Waals surface area (Å²) in [7, 11) is 0. The third-order valence-corrected chi connectivity index (χ3v) is 11.0. The van der Waals surface area contributed by atoms with Gasteiger partial charge in [0.2, 0.25) is 5.28 Å². The second-order valence-electron chi connectivity index (χ2n) is 10.7. The van der Waals surface area contributed by atoms with Gasteiger partial charge < -0.3 is 0 Å². The molecule has 196 valence electrons. The molecule has 0 N–H and O–H groups in total. The predicted octanol–water partition coefficient (Wildman–Crippen LogP) is 11.3.